The van der Waals surface area contributed by atoms with Gasteiger partial charge in [0.1, 0.15) is 0 Å². The summed E-state index contributed by atoms with van der Waals surface area (Å²) < 4.78 is 58.0. The fourth-order valence-electron chi connectivity index (χ4n) is 2.96. The molecule has 3 aromatic rings. The maximum absolute atomic E-state index is 11.1. The van der Waals surface area contributed by atoms with Gasteiger partial charge in [-0.15, -0.1) is 0 Å². The number of benzene rings is 2. The van der Waals surface area contributed by atoms with Gasteiger partial charge in [-0.3, -0.25) is 0 Å². The first-order chi connectivity index (χ1) is 13.8. The molecular weight excluding hydrogens is 441 g/mol. The van der Waals surface area contributed by atoms with Gasteiger partial charge >= 0.3 is 29.6 Å². The molecule has 0 atom stereocenters. The van der Waals surface area contributed by atoms with Crippen molar-refractivity contribution in [1.82, 2.24) is 4.37 Å². The summed E-state index contributed by atoms with van der Waals surface area (Å²) in [7, 11) is -0.477. The molecule has 0 spiro atoms. The average Bonchev–Trinajstić information content (AvgIpc) is 3.15. The molecule has 0 saturated carbocycles. The van der Waals surface area contributed by atoms with Crippen LogP contribution in [0.3, 0.4) is 0 Å². The molecule has 0 amide bonds. The van der Waals surface area contributed by atoms with Crippen LogP contribution < -0.4 is 48.0 Å². The van der Waals surface area contributed by atoms with E-state index in [2.05, 4.69) is 8.56 Å². The second-order valence-electron chi connectivity index (χ2n) is 5.96. The summed E-state index contributed by atoms with van der Waals surface area (Å²) >= 11 is 1.24. The first kappa shape index (κ1) is 24.4. The smallest absolute Gasteiger partial charge is 0.716 e. The third-order valence-electron chi connectivity index (χ3n) is 4.17. The van der Waals surface area contributed by atoms with Gasteiger partial charge in [0, 0.05) is 16.5 Å². The number of rotatable bonds is 7. The second-order valence-corrected chi connectivity index (χ2v) is 7.57. The van der Waals surface area contributed by atoms with E-state index in [-0.39, 0.29) is 41.1 Å². The van der Waals surface area contributed by atoms with E-state index in [1.165, 1.54) is 30.8 Å². The summed E-state index contributed by atoms with van der Waals surface area (Å²) in [6.45, 7) is 1.90. The molecule has 0 aliphatic carbocycles. The van der Waals surface area contributed by atoms with E-state index >= 15 is 0 Å². The molecule has 0 bridgehead atoms. The zero-order valence-corrected chi connectivity index (χ0v) is 20.7. The van der Waals surface area contributed by atoms with Gasteiger partial charge in [0.15, 0.2) is 23.0 Å². The molecule has 30 heavy (non-hydrogen) atoms. The van der Waals surface area contributed by atoms with Crippen LogP contribution in [0.5, 0.6) is 23.0 Å². The van der Waals surface area contributed by atoms with Crippen molar-refractivity contribution < 1.29 is 60.9 Å². The standard InChI is InChI=1S/C19H19NO7S2.Na/c1-11-7-13(9-17(25-3)19(11)26-4)18-14(10-28-20-18)12-5-6-15(24-2)16(8-12)27-29(21,22)23;/h5-10H,1-4H3,(H,21,22,23);/q;+1/p-1. The first-order valence-corrected chi connectivity index (χ1v) is 10.5. The number of aromatic nitrogens is 1. The number of nitrogens with zero attached hydrogens (tertiary/aromatic N) is 1. The van der Waals surface area contributed by atoms with E-state index in [9.17, 15) is 13.0 Å². The molecule has 8 nitrogen and oxygen atoms in total. The SMILES string of the molecule is COc1ccc(-c2csnc2-c2cc(C)c(OC)c(OC)c2)cc1OS(=O)(=O)[O-].[Na+]. The van der Waals surface area contributed by atoms with Crippen molar-refractivity contribution in [3.63, 3.8) is 0 Å². The summed E-state index contributed by atoms with van der Waals surface area (Å²) in [5, 5.41) is 1.82. The number of hydrogen-bond donors (Lipinski definition) is 0. The minimum atomic E-state index is -4.95. The molecule has 1 aromatic heterocycles. The number of ether oxygens (including phenoxy) is 3. The average molecular weight is 459 g/mol. The predicted octanol–water partition coefficient (Wildman–Crippen LogP) is 0.654. The van der Waals surface area contributed by atoms with Crippen molar-refractivity contribution in [2.75, 3.05) is 21.3 Å². The monoisotopic (exact) mass is 459 g/mol. The Labute approximate surface area is 201 Å². The zero-order valence-electron chi connectivity index (χ0n) is 17.1. The molecule has 0 aliphatic heterocycles. The van der Waals surface area contributed by atoms with Gasteiger partial charge in [-0.1, -0.05) is 6.07 Å². The topological polar surface area (TPSA) is 107 Å². The van der Waals surface area contributed by atoms with Crippen LogP contribution in [0.15, 0.2) is 35.7 Å². The van der Waals surface area contributed by atoms with E-state index < -0.39 is 10.4 Å². The summed E-state index contributed by atoms with van der Waals surface area (Å²) in [6.07, 6.45) is 0. The van der Waals surface area contributed by atoms with Gasteiger partial charge < -0.3 is 22.9 Å². The van der Waals surface area contributed by atoms with E-state index in [0.717, 1.165) is 16.7 Å². The van der Waals surface area contributed by atoms with Crippen molar-refractivity contribution >= 4 is 21.9 Å². The van der Waals surface area contributed by atoms with Crippen LogP contribution in [0.25, 0.3) is 22.4 Å². The van der Waals surface area contributed by atoms with Gasteiger partial charge in [-0.25, -0.2) is 8.42 Å². The van der Waals surface area contributed by atoms with Crippen LogP contribution in [0, 0.1) is 6.92 Å². The molecule has 0 saturated heterocycles. The first-order valence-electron chi connectivity index (χ1n) is 8.28. The summed E-state index contributed by atoms with van der Waals surface area (Å²) in [5.41, 5.74) is 3.68. The Kier molecular flexibility index (Phi) is 8.14. The van der Waals surface area contributed by atoms with Gasteiger partial charge in [-0.2, -0.15) is 4.37 Å². The summed E-state index contributed by atoms with van der Waals surface area (Å²) in [4.78, 5) is 0. The second kappa shape index (κ2) is 9.99. The van der Waals surface area contributed by atoms with Crippen molar-refractivity contribution in [3.05, 3.63) is 41.3 Å². The molecule has 0 fully saturated rings. The molecule has 154 valence electrons. The number of aryl methyl sites for hydroxylation is 1. The summed E-state index contributed by atoms with van der Waals surface area (Å²) in [5.74, 6) is 1.13. The Balaban J connectivity index is 0.00000320. The fraction of sp³-hybridized carbons (Fsp3) is 0.211. The minimum absolute atomic E-state index is 0. The summed E-state index contributed by atoms with van der Waals surface area (Å²) in [6, 6.07) is 8.41. The predicted molar refractivity (Wildman–Crippen MR) is 108 cm³/mol. The van der Waals surface area contributed by atoms with Crippen LogP contribution >= 0.6 is 11.5 Å². The molecule has 0 aliphatic rings. The van der Waals surface area contributed by atoms with Crippen molar-refractivity contribution in [2.45, 2.75) is 6.92 Å². The minimum Gasteiger partial charge on any atom is -0.716 e. The van der Waals surface area contributed by atoms with Crippen molar-refractivity contribution in [1.29, 1.82) is 0 Å². The number of hydrogen-bond acceptors (Lipinski definition) is 9. The van der Waals surface area contributed by atoms with Crippen LogP contribution in [-0.2, 0) is 10.4 Å². The van der Waals surface area contributed by atoms with E-state index in [1.54, 1.807) is 20.3 Å². The fourth-order valence-corrected chi connectivity index (χ4v) is 4.03. The van der Waals surface area contributed by atoms with Gasteiger partial charge in [-0.05, 0) is 53.8 Å². The third-order valence-corrected chi connectivity index (χ3v) is 5.19. The normalized spacial score (nSPS) is 10.8. The maximum atomic E-state index is 11.1. The van der Waals surface area contributed by atoms with Gasteiger partial charge in [0.05, 0.1) is 27.0 Å². The molecular formula is C19H18NNaO7S2. The number of methoxy groups -OCH3 is 3. The van der Waals surface area contributed by atoms with Crippen LogP contribution in [0.1, 0.15) is 5.56 Å². The van der Waals surface area contributed by atoms with Gasteiger partial charge in [0.25, 0.3) is 10.4 Å². The molecule has 0 N–H and O–H groups in total. The largest absolute Gasteiger partial charge is 1.00 e. The molecule has 2 aromatic carbocycles. The maximum Gasteiger partial charge on any atom is 1.00 e. The van der Waals surface area contributed by atoms with Gasteiger partial charge in [0.2, 0.25) is 0 Å². The molecule has 1 heterocycles. The van der Waals surface area contributed by atoms with Crippen LogP contribution in [0.2, 0.25) is 0 Å². The van der Waals surface area contributed by atoms with Crippen molar-refractivity contribution in [2.24, 2.45) is 0 Å². The van der Waals surface area contributed by atoms with Crippen molar-refractivity contribution in [3.8, 4) is 45.4 Å². The third kappa shape index (κ3) is 5.26. The Morgan fingerprint density at radius 2 is 1.60 bits per heavy atom. The van der Waals surface area contributed by atoms with Crippen LogP contribution in [0.4, 0.5) is 0 Å². The molecule has 0 unspecified atom stereocenters. The molecule has 0 radical (unpaired) electrons. The zero-order chi connectivity index (χ0) is 21.2. The Bertz CT molecular complexity index is 1150. The Morgan fingerprint density at radius 3 is 2.20 bits per heavy atom. The molecule has 11 heteroatoms. The van der Waals surface area contributed by atoms with E-state index in [0.29, 0.717) is 22.8 Å². The van der Waals surface area contributed by atoms with E-state index in [4.69, 9.17) is 14.2 Å². The van der Waals surface area contributed by atoms with Crippen LogP contribution in [-0.4, -0.2) is 38.7 Å². The molecule has 3 rings (SSSR count). The quantitative estimate of drug-likeness (QED) is 0.288. The Morgan fingerprint density at radius 1 is 0.933 bits per heavy atom. The Hall–Kier alpha value is -1.82. The van der Waals surface area contributed by atoms with E-state index in [1.807, 2.05) is 24.4 Å².